The third-order valence-corrected chi connectivity index (χ3v) is 3.72. The van der Waals surface area contributed by atoms with Crippen LogP contribution in [0.4, 0.5) is 0 Å². The topological polar surface area (TPSA) is 53.6 Å². The van der Waals surface area contributed by atoms with Crippen molar-refractivity contribution in [1.82, 2.24) is 15.5 Å². The fourth-order valence-electron chi connectivity index (χ4n) is 2.24. The minimum absolute atomic E-state index is 0.0525. The van der Waals surface area contributed by atoms with Crippen LogP contribution in [0, 0.1) is 0 Å². The van der Waals surface area contributed by atoms with E-state index >= 15 is 0 Å². The smallest absolute Gasteiger partial charge is 0.234 e. The summed E-state index contributed by atoms with van der Waals surface area (Å²) >= 11 is 0. The summed E-state index contributed by atoms with van der Waals surface area (Å²) in [5, 5.41) is 6.22. The van der Waals surface area contributed by atoms with Crippen molar-refractivity contribution >= 4 is 5.91 Å². The van der Waals surface area contributed by atoms with Crippen LogP contribution in [0.5, 0.6) is 5.75 Å². The minimum atomic E-state index is 0.0525. The monoisotopic (exact) mass is 291 g/mol. The molecule has 1 aromatic carbocycles. The quantitative estimate of drug-likeness (QED) is 0.755. The van der Waals surface area contributed by atoms with Crippen molar-refractivity contribution in [3.8, 4) is 5.75 Å². The van der Waals surface area contributed by atoms with Gasteiger partial charge in [-0.2, -0.15) is 0 Å². The third-order valence-electron chi connectivity index (χ3n) is 3.72. The highest BCUT2D eigenvalue weighted by Crippen LogP contribution is 2.22. The van der Waals surface area contributed by atoms with Crippen molar-refractivity contribution in [1.29, 1.82) is 0 Å². The molecule has 1 atom stereocenters. The number of ether oxygens (including phenoxy) is 1. The summed E-state index contributed by atoms with van der Waals surface area (Å²) in [5.74, 6) is 0.887. The molecule has 0 aromatic heterocycles. The number of likely N-dealkylation sites (N-methyl/N-ethyl adjacent to an activating group) is 1. The second-order valence-corrected chi connectivity index (χ2v) is 5.72. The predicted octanol–water partition coefficient (Wildman–Crippen LogP) is 1.17. The van der Waals surface area contributed by atoms with E-state index in [2.05, 4.69) is 21.6 Å². The second-order valence-electron chi connectivity index (χ2n) is 5.72. The molecule has 0 aliphatic heterocycles. The first-order valence-corrected chi connectivity index (χ1v) is 7.40. The summed E-state index contributed by atoms with van der Waals surface area (Å²) in [4.78, 5) is 13.9. The fourth-order valence-corrected chi connectivity index (χ4v) is 2.24. The number of nitrogens with zero attached hydrogens (tertiary/aromatic N) is 1. The number of carbonyl (C=O) groups excluding carboxylic acids is 1. The van der Waals surface area contributed by atoms with E-state index in [1.54, 1.807) is 7.11 Å². The highest BCUT2D eigenvalue weighted by atomic mass is 16.5. The van der Waals surface area contributed by atoms with Crippen LogP contribution in [0.2, 0.25) is 0 Å². The lowest BCUT2D eigenvalue weighted by atomic mass is 10.1. The van der Waals surface area contributed by atoms with Gasteiger partial charge in [-0.15, -0.1) is 0 Å². The van der Waals surface area contributed by atoms with E-state index < -0.39 is 0 Å². The zero-order valence-electron chi connectivity index (χ0n) is 13.1. The molecule has 5 nitrogen and oxygen atoms in total. The van der Waals surface area contributed by atoms with Crippen molar-refractivity contribution in [3.05, 3.63) is 29.8 Å². The first-order chi connectivity index (χ1) is 10.1. The zero-order chi connectivity index (χ0) is 15.2. The molecular formula is C16H25N3O2. The molecule has 1 amide bonds. The molecule has 116 valence electrons. The lowest BCUT2D eigenvalue weighted by molar-refractivity contribution is -0.120. The van der Waals surface area contributed by atoms with Crippen LogP contribution in [-0.4, -0.2) is 51.1 Å². The summed E-state index contributed by atoms with van der Waals surface area (Å²) in [5.41, 5.74) is 1.13. The van der Waals surface area contributed by atoms with Crippen LogP contribution < -0.4 is 15.4 Å². The van der Waals surface area contributed by atoms with E-state index in [9.17, 15) is 4.79 Å². The average molecular weight is 291 g/mol. The van der Waals surface area contributed by atoms with E-state index in [4.69, 9.17) is 4.74 Å². The molecule has 2 rings (SSSR count). The van der Waals surface area contributed by atoms with E-state index in [1.807, 2.05) is 32.3 Å². The molecule has 1 fully saturated rings. The van der Waals surface area contributed by atoms with Gasteiger partial charge in [0.2, 0.25) is 5.91 Å². The van der Waals surface area contributed by atoms with Gasteiger partial charge in [0.1, 0.15) is 5.75 Å². The van der Waals surface area contributed by atoms with Crippen molar-refractivity contribution in [3.63, 3.8) is 0 Å². The first-order valence-electron chi connectivity index (χ1n) is 7.40. The Kier molecular flexibility index (Phi) is 5.59. The molecule has 1 aliphatic rings. The van der Waals surface area contributed by atoms with Crippen LogP contribution in [0.25, 0.3) is 0 Å². The second kappa shape index (κ2) is 7.43. The van der Waals surface area contributed by atoms with Gasteiger partial charge in [0.15, 0.2) is 0 Å². The number of rotatable bonds is 8. The maximum atomic E-state index is 11.8. The molecular weight excluding hydrogens is 266 g/mol. The number of methoxy groups -OCH3 is 1. The predicted molar refractivity (Wildman–Crippen MR) is 83.5 cm³/mol. The average Bonchev–Trinajstić information content (AvgIpc) is 3.29. The summed E-state index contributed by atoms with van der Waals surface area (Å²) < 4.78 is 5.27. The number of hydrogen-bond acceptors (Lipinski definition) is 4. The van der Waals surface area contributed by atoms with Crippen LogP contribution in [-0.2, 0) is 4.79 Å². The Morgan fingerprint density at radius 1 is 1.43 bits per heavy atom. The maximum absolute atomic E-state index is 11.8. The van der Waals surface area contributed by atoms with Gasteiger partial charge in [-0.1, -0.05) is 12.1 Å². The van der Waals surface area contributed by atoms with Gasteiger partial charge < -0.3 is 20.3 Å². The summed E-state index contributed by atoms with van der Waals surface area (Å²) in [6, 6.07) is 8.65. The normalized spacial score (nSPS) is 15.8. The van der Waals surface area contributed by atoms with Gasteiger partial charge in [0.25, 0.3) is 0 Å². The van der Waals surface area contributed by atoms with Gasteiger partial charge in [-0.3, -0.25) is 4.79 Å². The Morgan fingerprint density at radius 3 is 2.81 bits per heavy atom. The van der Waals surface area contributed by atoms with Crippen molar-refractivity contribution in [2.24, 2.45) is 0 Å². The lowest BCUT2D eigenvalue weighted by Gasteiger charge is -2.25. The zero-order valence-corrected chi connectivity index (χ0v) is 13.1. The van der Waals surface area contributed by atoms with Crippen LogP contribution in [0.1, 0.15) is 24.4 Å². The lowest BCUT2D eigenvalue weighted by Crippen LogP contribution is -2.39. The summed E-state index contributed by atoms with van der Waals surface area (Å²) in [7, 11) is 5.69. The Balaban J connectivity index is 1.89. The SMILES string of the molecule is COc1cccc(C(CNC(=O)CNC2CC2)N(C)C)c1. The minimum Gasteiger partial charge on any atom is -0.497 e. The van der Waals surface area contributed by atoms with Gasteiger partial charge in [-0.05, 0) is 44.6 Å². The van der Waals surface area contributed by atoms with Gasteiger partial charge in [0, 0.05) is 12.6 Å². The van der Waals surface area contributed by atoms with Crippen LogP contribution in [0.15, 0.2) is 24.3 Å². The van der Waals surface area contributed by atoms with Crippen molar-refractivity contribution in [2.45, 2.75) is 24.9 Å². The Morgan fingerprint density at radius 2 is 2.19 bits per heavy atom. The number of amides is 1. The molecule has 2 N–H and O–H groups in total. The third kappa shape index (κ3) is 5.02. The van der Waals surface area contributed by atoms with Gasteiger partial charge in [0.05, 0.1) is 19.7 Å². The fraction of sp³-hybridized carbons (Fsp3) is 0.562. The molecule has 1 aromatic rings. The van der Waals surface area contributed by atoms with Gasteiger partial charge >= 0.3 is 0 Å². The number of nitrogens with one attached hydrogen (secondary N) is 2. The number of benzene rings is 1. The molecule has 0 spiro atoms. The van der Waals surface area contributed by atoms with Crippen molar-refractivity contribution in [2.75, 3.05) is 34.3 Å². The first kappa shape index (κ1) is 15.8. The summed E-state index contributed by atoms with van der Waals surface area (Å²) in [6.07, 6.45) is 2.38. The molecule has 1 aliphatic carbocycles. The molecule has 0 bridgehead atoms. The molecule has 5 heteroatoms. The maximum Gasteiger partial charge on any atom is 0.234 e. The molecule has 0 heterocycles. The van der Waals surface area contributed by atoms with Gasteiger partial charge in [-0.25, -0.2) is 0 Å². The Bertz CT molecular complexity index is 472. The Labute approximate surface area is 126 Å². The van der Waals surface area contributed by atoms with E-state index in [1.165, 1.54) is 12.8 Å². The number of hydrogen-bond donors (Lipinski definition) is 2. The Hall–Kier alpha value is -1.59. The highest BCUT2D eigenvalue weighted by Gasteiger charge is 2.21. The summed E-state index contributed by atoms with van der Waals surface area (Å²) in [6.45, 7) is 0.994. The molecule has 0 radical (unpaired) electrons. The van der Waals surface area contributed by atoms with Crippen molar-refractivity contribution < 1.29 is 9.53 Å². The molecule has 1 saturated carbocycles. The van der Waals surface area contributed by atoms with Crippen LogP contribution >= 0.6 is 0 Å². The van der Waals surface area contributed by atoms with E-state index in [-0.39, 0.29) is 11.9 Å². The molecule has 0 saturated heterocycles. The number of carbonyl (C=O) groups is 1. The molecule has 1 unspecified atom stereocenters. The standard InChI is InChI=1S/C16H25N3O2/c1-19(2)15(12-5-4-6-14(9-12)21-3)10-18-16(20)11-17-13-7-8-13/h4-6,9,13,15,17H,7-8,10-11H2,1-3H3,(H,18,20). The largest absolute Gasteiger partial charge is 0.497 e. The highest BCUT2D eigenvalue weighted by molar-refractivity contribution is 5.78. The molecule has 21 heavy (non-hydrogen) atoms. The van der Waals surface area contributed by atoms with Crippen LogP contribution in [0.3, 0.4) is 0 Å². The van der Waals surface area contributed by atoms with E-state index in [0.717, 1.165) is 11.3 Å². The van der Waals surface area contributed by atoms with E-state index in [0.29, 0.717) is 19.1 Å².